The molecule has 0 radical (unpaired) electrons. The minimum absolute atomic E-state index is 0.000681. The van der Waals surface area contributed by atoms with Gasteiger partial charge < -0.3 is 9.47 Å². The molecule has 7 heteroatoms. The average molecular weight is 400 g/mol. The number of sulfone groups is 1. The van der Waals surface area contributed by atoms with E-state index in [1.165, 1.54) is 24.3 Å². The largest absolute Gasteiger partial charge is 0.341 e. The minimum atomic E-state index is -3.65. The molecule has 0 spiro atoms. The molecule has 146 valence electrons. The van der Waals surface area contributed by atoms with Crippen LogP contribution in [0.15, 0.2) is 59.6 Å². The van der Waals surface area contributed by atoms with E-state index in [1.807, 2.05) is 17.0 Å². The van der Waals surface area contributed by atoms with Crippen molar-refractivity contribution in [2.45, 2.75) is 30.0 Å². The molecule has 0 bridgehead atoms. The topological polar surface area (TPSA) is 59.4 Å². The highest BCUT2D eigenvalue weighted by Gasteiger charge is 2.24. The van der Waals surface area contributed by atoms with Gasteiger partial charge in [0, 0.05) is 30.2 Å². The smallest absolute Gasteiger partial charge is 0.242 e. The van der Waals surface area contributed by atoms with Crippen LogP contribution in [0.2, 0.25) is 0 Å². The molecule has 28 heavy (non-hydrogen) atoms. The molecular weight excluding hydrogens is 379 g/mol. The molecule has 3 aromatic rings. The number of hydrogen-bond donors (Lipinski definition) is 0. The first-order valence-electron chi connectivity index (χ1n) is 9.27. The van der Waals surface area contributed by atoms with Gasteiger partial charge in [0.05, 0.1) is 10.6 Å². The normalized spacial score (nSPS) is 14.7. The Morgan fingerprint density at radius 2 is 1.68 bits per heavy atom. The number of carbonyl (C=O) groups excluding carboxylic acids is 1. The number of amides is 1. The number of hydrogen-bond acceptors (Lipinski definition) is 3. The molecule has 4 rings (SSSR count). The molecule has 0 N–H and O–H groups in total. The van der Waals surface area contributed by atoms with Crippen molar-refractivity contribution in [1.82, 2.24) is 9.47 Å². The van der Waals surface area contributed by atoms with Crippen molar-refractivity contribution in [2.24, 2.45) is 0 Å². The highest BCUT2D eigenvalue weighted by Crippen LogP contribution is 2.28. The third-order valence-corrected chi connectivity index (χ3v) is 6.83. The van der Waals surface area contributed by atoms with Crippen LogP contribution in [-0.4, -0.2) is 36.9 Å². The molecule has 0 aliphatic carbocycles. The van der Waals surface area contributed by atoms with Gasteiger partial charge in [0.1, 0.15) is 12.4 Å². The fourth-order valence-electron chi connectivity index (χ4n) is 3.68. The van der Waals surface area contributed by atoms with Crippen LogP contribution in [0.5, 0.6) is 0 Å². The standard InChI is InChI=1S/C21H21FN2O3S/c22-17-9-7-16(8-10-17)15-28(26,27)20-13-24(19-6-2-1-5-18(19)20)14-21(25)23-11-3-4-12-23/h1-2,5-10,13H,3-4,11-12,14-15H2. The molecular formula is C21H21FN2O3S. The van der Waals surface area contributed by atoms with Gasteiger partial charge in [-0.05, 0) is 36.6 Å². The quantitative estimate of drug-likeness (QED) is 0.660. The number of carbonyl (C=O) groups is 1. The van der Waals surface area contributed by atoms with E-state index >= 15 is 0 Å². The second-order valence-corrected chi connectivity index (χ2v) is 9.07. The van der Waals surface area contributed by atoms with Crippen molar-refractivity contribution in [1.29, 1.82) is 0 Å². The van der Waals surface area contributed by atoms with E-state index < -0.39 is 15.7 Å². The van der Waals surface area contributed by atoms with Crippen LogP contribution in [0.4, 0.5) is 4.39 Å². The fourth-order valence-corrected chi connectivity index (χ4v) is 5.26. The molecule has 2 heterocycles. The van der Waals surface area contributed by atoms with Gasteiger partial charge in [-0.15, -0.1) is 0 Å². The van der Waals surface area contributed by atoms with E-state index in [0.29, 0.717) is 16.5 Å². The summed E-state index contributed by atoms with van der Waals surface area (Å²) in [7, 11) is -3.65. The van der Waals surface area contributed by atoms with Crippen LogP contribution in [-0.2, 0) is 26.9 Å². The summed E-state index contributed by atoms with van der Waals surface area (Å²) in [6, 6.07) is 12.6. The number of fused-ring (bicyclic) bond motifs is 1. The lowest BCUT2D eigenvalue weighted by Crippen LogP contribution is -2.30. The summed E-state index contributed by atoms with van der Waals surface area (Å²) in [5.41, 5.74) is 1.24. The first-order chi connectivity index (χ1) is 13.4. The third-order valence-electron chi connectivity index (χ3n) is 5.12. The van der Waals surface area contributed by atoms with E-state index in [-0.39, 0.29) is 23.1 Å². The molecule has 5 nitrogen and oxygen atoms in total. The number of nitrogens with zero attached hydrogens (tertiary/aromatic N) is 2. The van der Waals surface area contributed by atoms with Crippen molar-refractivity contribution in [3.05, 3.63) is 66.1 Å². The van der Waals surface area contributed by atoms with Gasteiger partial charge in [-0.1, -0.05) is 30.3 Å². The summed E-state index contributed by atoms with van der Waals surface area (Å²) in [6.07, 6.45) is 3.57. The SMILES string of the molecule is O=C(Cn1cc(S(=O)(=O)Cc2ccc(F)cc2)c2ccccc21)N1CCCC1. The molecule has 2 aromatic carbocycles. The van der Waals surface area contributed by atoms with E-state index in [1.54, 1.807) is 22.9 Å². The highest BCUT2D eigenvalue weighted by molar-refractivity contribution is 7.90. The molecule has 0 atom stereocenters. The predicted octanol–water partition coefficient (Wildman–Crippen LogP) is 3.38. The summed E-state index contributed by atoms with van der Waals surface area (Å²) in [5.74, 6) is -0.625. The number of likely N-dealkylation sites (tertiary alicyclic amines) is 1. The molecule has 1 aliphatic rings. The van der Waals surface area contributed by atoms with Crippen LogP contribution in [0.1, 0.15) is 18.4 Å². The van der Waals surface area contributed by atoms with Crippen molar-refractivity contribution < 1.29 is 17.6 Å². The van der Waals surface area contributed by atoms with Gasteiger partial charge >= 0.3 is 0 Å². The van der Waals surface area contributed by atoms with Gasteiger partial charge in [0.25, 0.3) is 0 Å². The zero-order chi connectivity index (χ0) is 19.7. The number of benzene rings is 2. The van der Waals surface area contributed by atoms with Gasteiger partial charge in [-0.2, -0.15) is 0 Å². The van der Waals surface area contributed by atoms with Crippen molar-refractivity contribution in [3.63, 3.8) is 0 Å². The summed E-state index contributed by atoms with van der Waals surface area (Å²) in [4.78, 5) is 14.6. The summed E-state index contributed by atoms with van der Waals surface area (Å²) in [5, 5.41) is 0.596. The Labute approximate surface area is 163 Å². The van der Waals surface area contributed by atoms with Crippen molar-refractivity contribution in [3.8, 4) is 0 Å². The lowest BCUT2D eigenvalue weighted by atomic mass is 10.2. The third kappa shape index (κ3) is 3.67. The Bertz CT molecular complexity index is 1110. The van der Waals surface area contributed by atoms with Crippen molar-refractivity contribution >= 4 is 26.6 Å². The minimum Gasteiger partial charge on any atom is -0.341 e. The second kappa shape index (κ2) is 7.39. The Morgan fingerprint density at radius 3 is 2.39 bits per heavy atom. The molecule has 0 unspecified atom stereocenters. The molecule has 1 fully saturated rings. The first kappa shape index (κ1) is 18.7. The van der Waals surface area contributed by atoms with Gasteiger partial charge in [0.15, 0.2) is 9.84 Å². The zero-order valence-electron chi connectivity index (χ0n) is 15.3. The summed E-state index contributed by atoms with van der Waals surface area (Å²) >= 11 is 0. The van der Waals surface area contributed by atoms with Gasteiger partial charge in [0.2, 0.25) is 5.91 Å². The highest BCUT2D eigenvalue weighted by atomic mass is 32.2. The molecule has 1 aliphatic heterocycles. The lowest BCUT2D eigenvalue weighted by Gasteiger charge is -2.15. The van der Waals surface area contributed by atoms with Crippen LogP contribution >= 0.6 is 0 Å². The maximum Gasteiger partial charge on any atom is 0.242 e. The summed E-state index contributed by atoms with van der Waals surface area (Å²) < 4.78 is 40.9. The second-order valence-electron chi connectivity index (χ2n) is 7.11. The van der Waals surface area contributed by atoms with Gasteiger partial charge in [-0.25, -0.2) is 12.8 Å². The van der Waals surface area contributed by atoms with Gasteiger partial charge in [-0.3, -0.25) is 4.79 Å². The first-order valence-corrected chi connectivity index (χ1v) is 10.9. The molecule has 1 saturated heterocycles. The Hall–Kier alpha value is -2.67. The summed E-state index contributed by atoms with van der Waals surface area (Å²) in [6.45, 7) is 1.63. The number of para-hydroxylation sites is 1. The number of halogens is 1. The van der Waals surface area contributed by atoms with Crippen LogP contribution in [0.3, 0.4) is 0 Å². The average Bonchev–Trinajstić information content (AvgIpc) is 3.32. The lowest BCUT2D eigenvalue weighted by molar-refractivity contribution is -0.130. The Balaban J connectivity index is 1.68. The van der Waals surface area contributed by atoms with E-state index in [2.05, 4.69) is 0 Å². The van der Waals surface area contributed by atoms with E-state index in [4.69, 9.17) is 0 Å². The monoisotopic (exact) mass is 400 g/mol. The van der Waals surface area contributed by atoms with E-state index in [0.717, 1.165) is 25.9 Å². The molecule has 1 amide bonds. The van der Waals surface area contributed by atoms with E-state index in [9.17, 15) is 17.6 Å². The van der Waals surface area contributed by atoms with Crippen molar-refractivity contribution in [2.75, 3.05) is 13.1 Å². The van der Waals surface area contributed by atoms with Crippen LogP contribution < -0.4 is 0 Å². The molecule has 1 aromatic heterocycles. The van der Waals surface area contributed by atoms with Crippen LogP contribution in [0, 0.1) is 5.82 Å². The Kier molecular flexibility index (Phi) is 4.93. The predicted molar refractivity (Wildman–Crippen MR) is 105 cm³/mol. The molecule has 0 saturated carbocycles. The maximum absolute atomic E-state index is 13.1. The van der Waals surface area contributed by atoms with Crippen LogP contribution in [0.25, 0.3) is 10.9 Å². The number of rotatable bonds is 5. The number of aromatic nitrogens is 1. The maximum atomic E-state index is 13.1. The fraction of sp³-hybridized carbons (Fsp3) is 0.286. The zero-order valence-corrected chi connectivity index (χ0v) is 16.2. The Morgan fingerprint density at radius 1 is 1.00 bits per heavy atom.